The van der Waals surface area contributed by atoms with Gasteiger partial charge in [0.1, 0.15) is 24.2 Å². The van der Waals surface area contributed by atoms with E-state index in [0.717, 1.165) is 18.7 Å². The first-order valence-electron chi connectivity index (χ1n) is 13.4. The van der Waals surface area contributed by atoms with E-state index in [2.05, 4.69) is 37.9 Å². The maximum Gasteiger partial charge on any atom is 0.255 e. The number of benzene rings is 2. The molecule has 3 aliphatic rings. The van der Waals surface area contributed by atoms with Crippen LogP contribution in [0.1, 0.15) is 69.0 Å². The third kappa shape index (κ3) is 5.44. The van der Waals surface area contributed by atoms with Crippen molar-refractivity contribution in [3.8, 4) is 5.75 Å². The van der Waals surface area contributed by atoms with Gasteiger partial charge in [0.2, 0.25) is 11.8 Å². The van der Waals surface area contributed by atoms with Crippen LogP contribution in [-0.4, -0.2) is 57.8 Å². The van der Waals surface area contributed by atoms with Crippen molar-refractivity contribution in [1.29, 1.82) is 0 Å². The van der Waals surface area contributed by atoms with Crippen LogP contribution in [0, 0.1) is 5.82 Å². The molecule has 0 spiro atoms. The van der Waals surface area contributed by atoms with Crippen LogP contribution in [0.4, 0.5) is 4.39 Å². The topological polar surface area (TPSA) is 88.2 Å². The molecule has 0 aromatic heterocycles. The molecule has 3 amide bonds. The Hall–Kier alpha value is -3.30. The fourth-order valence-electron chi connectivity index (χ4n) is 5.83. The third-order valence-electron chi connectivity index (χ3n) is 7.02. The van der Waals surface area contributed by atoms with E-state index >= 15 is 0 Å². The van der Waals surface area contributed by atoms with E-state index < -0.39 is 23.7 Å². The molecule has 9 heteroatoms. The number of rotatable bonds is 6. The Morgan fingerprint density at radius 1 is 1.13 bits per heavy atom. The van der Waals surface area contributed by atoms with Gasteiger partial charge in [-0.2, -0.15) is 0 Å². The van der Waals surface area contributed by atoms with Gasteiger partial charge in [-0.3, -0.25) is 24.6 Å². The molecule has 2 fully saturated rings. The van der Waals surface area contributed by atoms with E-state index in [4.69, 9.17) is 10.8 Å². The molecule has 1 atom stereocenters. The molecular weight excluding hydrogens is 489 g/mol. The number of fused-ring (bicyclic) bond motifs is 1. The number of ether oxygens (including phenoxy) is 2. The normalized spacial score (nSPS) is 25.1. The predicted molar refractivity (Wildman–Crippen MR) is 138 cm³/mol. The summed E-state index contributed by atoms with van der Waals surface area (Å²) < 4.78 is 35.7. The van der Waals surface area contributed by atoms with Gasteiger partial charge in [0.25, 0.3) is 5.91 Å². The van der Waals surface area contributed by atoms with Crippen molar-refractivity contribution < 1.29 is 29.6 Å². The number of halogens is 1. The fraction of sp³-hybridized carbons (Fsp3) is 0.483. The van der Waals surface area contributed by atoms with Crippen molar-refractivity contribution in [2.45, 2.75) is 77.5 Å². The van der Waals surface area contributed by atoms with Crippen LogP contribution < -0.4 is 10.1 Å². The lowest BCUT2D eigenvalue weighted by Crippen LogP contribution is -2.56. The molecule has 2 aromatic rings. The highest BCUT2D eigenvalue weighted by Crippen LogP contribution is 2.34. The summed E-state index contributed by atoms with van der Waals surface area (Å²) in [6.07, 6.45) is -0.100. The summed E-state index contributed by atoms with van der Waals surface area (Å²) in [5.41, 5.74) is 1.62. The highest BCUT2D eigenvalue weighted by molar-refractivity contribution is 6.05. The first-order chi connectivity index (χ1) is 18.3. The Balaban J connectivity index is 1.31. The van der Waals surface area contributed by atoms with Crippen LogP contribution in [0.5, 0.6) is 5.75 Å². The first kappa shape index (κ1) is 25.0. The summed E-state index contributed by atoms with van der Waals surface area (Å²) in [5, 5.41) is 2.16. The minimum Gasteiger partial charge on any atom is -0.488 e. The van der Waals surface area contributed by atoms with Crippen molar-refractivity contribution in [3.05, 3.63) is 64.5 Å². The van der Waals surface area contributed by atoms with Gasteiger partial charge in [-0.05, 0) is 63.9 Å². The van der Waals surface area contributed by atoms with Crippen molar-refractivity contribution in [2.75, 3.05) is 13.1 Å². The first-order valence-corrected chi connectivity index (χ1v) is 12.9. The lowest BCUT2D eigenvalue weighted by Gasteiger charge is -2.47. The zero-order valence-corrected chi connectivity index (χ0v) is 22.2. The average molecular weight is 525 g/mol. The molecule has 2 saturated heterocycles. The number of morpholine rings is 1. The van der Waals surface area contributed by atoms with Gasteiger partial charge >= 0.3 is 0 Å². The van der Waals surface area contributed by atoms with Gasteiger partial charge in [-0.25, -0.2) is 4.39 Å². The minimum absolute atomic E-state index is 0.0133. The smallest absolute Gasteiger partial charge is 0.255 e. The van der Waals surface area contributed by atoms with Crippen LogP contribution in [0.2, 0.25) is 0 Å². The average Bonchev–Trinajstić information content (AvgIpc) is 3.18. The van der Waals surface area contributed by atoms with Crippen molar-refractivity contribution >= 4 is 17.7 Å². The third-order valence-corrected chi connectivity index (χ3v) is 7.02. The van der Waals surface area contributed by atoms with E-state index in [0.29, 0.717) is 29.0 Å². The SMILES string of the molecule is [2H][C@]1(N2Cc3c(OCc4cc(CN5CC(C)(C)OC(C)(C)C5)ccc4F)cccc3C2=O)CCC(=O)NC1=O. The number of nitrogens with one attached hydrogen (secondary N) is 1. The maximum absolute atomic E-state index is 14.8. The fourth-order valence-corrected chi connectivity index (χ4v) is 5.83. The summed E-state index contributed by atoms with van der Waals surface area (Å²) >= 11 is 0. The monoisotopic (exact) mass is 524 g/mol. The van der Waals surface area contributed by atoms with E-state index in [1.165, 1.54) is 11.0 Å². The van der Waals surface area contributed by atoms with Gasteiger partial charge in [0.05, 0.1) is 19.1 Å². The predicted octanol–water partition coefficient (Wildman–Crippen LogP) is 3.56. The number of hydrogen-bond donors (Lipinski definition) is 1. The van der Waals surface area contributed by atoms with E-state index in [-0.39, 0.29) is 43.0 Å². The highest BCUT2D eigenvalue weighted by atomic mass is 19.1. The summed E-state index contributed by atoms with van der Waals surface area (Å²) in [7, 11) is 0. The molecule has 5 rings (SSSR count). The number of hydrogen-bond acceptors (Lipinski definition) is 6. The van der Waals surface area contributed by atoms with Crippen LogP contribution >= 0.6 is 0 Å². The molecule has 0 radical (unpaired) electrons. The molecule has 3 heterocycles. The Morgan fingerprint density at radius 3 is 2.58 bits per heavy atom. The summed E-state index contributed by atoms with van der Waals surface area (Å²) in [6, 6.07) is 8.10. The molecular formula is C29H34FN3O5. The molecule has 2 aromatic carbocycles. The summed E-state index contributed by atoms with van der Waals surface area (Å²) in [5.74, 6) is -1.74. The van der Waals surface area contributed by atoms with Crippen molar-refractivity contribution in [2.24, 2.45) is 0 Å². The van der Waals surface area contributed by atoms with Crippen molar-refractivity contribution in [3.63, 3.8) is 0 Å². The standard InChI is InChI=1S/C29H34FN3O5/c1-28(2)16-32(17-29(3,4)38-28)13-18-8-9-22(30)19(12-18)15-37-24-7-5-6-20-21(24)14-33(27(20)36)23-10-11-25(34)31-26(23)35/h5-9,12,23H,10-11,13-17H2,1-4H3,(H,31,34,35)/t23-/m0/s1/i23D. The Labute approximate surface area is 223 Å². The highest BCUT2D eigenvalue weighted by Gasteiger charge is 2.40. The number of imide groups is 1. The van der Waals surface area contributed by atoms with Crippen LogP contribution in [0.15, 0.2) is 36.4 Å². The molecule has 202 valence electrons. The summed E-state index contributed by atoms with van der Waals surface area (Å²) in [4.78, 5) is 40.7. The zero-order chi connectivity index (χ0) is 28.2. The van der Waals surface area contributed by atoms with E-state index in [1.54, 1.807) is 30.3 Å². The number of piperidine rings is 1. The van der Waals surface area contributed by atoms with E-state index in [9.17, 15) is 18.8 Å². The number of amides is 3. The van der Waals surface area contributed by atoms with Crippen LogP contribution in [-0.2, 0) is 34.0 Å². The van der Waals surface area contributed by atoms with Crippen LogP contribution in [0.25, 0.3) is 0 Å². The lowest BCUT2D eigenvalue weighted by atomic mass is 9.98. The van der Waals surface area contributed by atoms with Gasteiger partial charge in [-0.15, -0.1) is 0 Å². The minimum atomic E-state index is -1.88. The number of carbonyl (C=O) groups excluding carboxylic acids is 3. The Bertz CT molecular complexity index is 1330. The van der Waals surface area contributed by atoms with Crippen LogP contribution in [0.3, 0.4) is 0 Å². The molecule has 0 bridgehead atoms. The molecule has 38 heavy (non-hydrogen) atoms. The Kier molecular flexibility index (Phi) is 6.44. The molecule has 0 unspecified atom stereocenters. The molecule has 3 aliphatic heterocycles. The maximum atomic E-state index is 14.8. The van der Waals surface area contributed by atoms with E-state index in [1.807, 2.05) is 0 Å². The number of carbonyl (C=O) groups is 3. The number of nitrogens with zero attached hydrogens (tertiary/aromatic N) is 2. The quantitative estimate of drug-likeness (QED) is 0.582. The van der Waals surface area contributed by atoms with Gasteiger partial charge in [-0.1, -0.05) is 12.1 Å². The van der Waals surface area contributed by atoms with Gasteiger partial charge < -0.3 is 14.4 Å². The second-order valence-electron chi connectivity index (χ2n) is 11.5. The van der Waals surface area contributed by atoms with Gasteiger partial charge in [0.15, 0.2) is 0 Å². The molecule has 0 aliphatic carbocycles. The molecule has 8 nitrogen and oxygen atoms in total. The summed E-state index contributed by atoms with van der Waals surface area (Å²) in [6.45, 7) is 10.4. The Morgan fingerprint density at radius 2 is 1.87 bits per heavy atom. The largest absolute Gasteiger partial charge is 0.488 e. The molecule has 0 saturated carbocycles. The molecule has 1 N–H and O–H groups in total. The second-order valence-corrected chi connectivity index (χ2v) is 11.5. The van der Waals surface area contributed by atoms with Crippen molar-refractivity contribution in [1.82, 2.24) is 15.1 Å². The second kappa shape index (κ2) is 9.78. The zero-order valence-electron chi connectivity index (χ0n) is 23.2. The lowest BCUT2D eigenvalue weighted by molar-refractivity contribution is -0.182. The van der Waals surface area contributed by atoms with Gasteiger partial charge in [0, 0.05) is 42.7 Å².